The van der Waals surface area contributed by atoms with Crippen molar-refractivity contribution in [2.24, 2.45) is 5.92 Å². The summed E-state index contributed by atoms with van der Waals surface area (Å²) in [4.78, 5) is 10.2. The van der Waals surface area contributed by atoms with Gasteiger partial charge in [0.25, 0.3) is 5.69 Å². The van der Waals surface area contributed by atoms with Crippen LogP contribution in [0.4, 0.5) is 24.5 Å². The minimum Gasteiger partial charge on any atom is -0.376 e. The topological polar surface area (TPSA) is 55.2 Å². The van der Waals surface area contributed by atoms with Crippen molar-refractivity contribution in [3.05, 3.63) is 33.9 Å². The van der Waals surface area contributed by atoms with Crippen molar-refractivity contribution in [3.8, 4) is 0 Å². The van der Waals surface area contributed by atoms with Crippen LogP contribution in [0.15, 0.2) is 18.2 Å². The van der Waals surface area contributed by atoms with Gasteiger partial charge in [0.05, 0.1) is 10.5 Å². The number of halogens is 3. The Kier molecular flexibility index (Phi) is 3.87. The lowest BCUT2D eigenvalue weighted by atomic mass is 10.1. The van der Waals surface area contributed by atoms with E-state index in [9.17, 15) is 23.3 Å². The van der Waals surface area contributed by atoms with Crippen LogP contribution in [0, 0.1) is 16.0 Å². The predicted molar refractivity (Wildman–Crippen MR) is 68.5 cm³/mol. The van der Waals surface area contributed by atoms with Gasteiger partial charge in [0.15, 0.2) is 0 Å². The third kappa shape index (κ3) is 3.20. The summed E-state index contributed by atoms with van der Waals surface area (Å²) < 4.78 is 37.8. The van der Waals surface area contributed by atoms with Crippen LogP contribution < -0.4 is 5.32 Å². The van der Waals surface area contributed by atoms with Crippen LogP contribution in [-0.4, -0.2) is 11.0 Å². The van der Waals surface area contributed by atoms with E-state index in [2.05, 4.69) is 5.32 Å². The molecule has 1 unspecified atom stereocenters. The second-order valence-corrected chi connectivity index (χ2v) is 4.98. The van der Waals surface area contributed by atoms with Crippen molar-refractivity contribution in [2.45, 2.75) is 38.4 Å². The molecule has 1 aromatic carbocycles. The average Bonchev–Trinajstić information content (AvgIpc) is 3.18. The van der Waals surface area contributed by atoms with Crippen molar-refractivity contribution in [1.82, 2.24) is 0 Å². The Bertz CT molecular complexity index is 513. The molecule has 1 saturated carbocycles. The maximum atomic E-state index is 12.6. The Morgan fingerprint density at radius 1 is 1.45 bits per heavy atom. The van der Waals surface area contributed by atoms with E-state index < -0.39 is 22.4 Å². The van der Waals surface area contributed by atoms with Crippen LogP contribution in [0.25, 0.3) is 0 Å². The van der Waals surface area contributed by atoms with E-state index >= 15 is 0 Å². The number of anilines is 1. The summed E-state index contributed by atoms with van der Waals surface area (Å²) >= 11 is 0. The van der Waals surface area contributed by atoms with Crippen LogP contribution in [0.2, 0.25) is 0 Å². The summed E-state index contributed by atoms with van der Waals surface area (Å²) in [6.07, 6.45) is -1.69. The third-order valence-corrected chi connectivity index (χ3v) is 3.49. The first-order valence-electron chi connectivity index (χ1n) is 6.45. The lowest BCUT2D eigenvalue weighted by molar-refractivity contribution is -0.384. The highest BCUT2D eigenvalue weighted by atomic mass is 19.4. The molecule has 0 radical (unpaired) electrons. The summed E-state index contributed by atoms with van der Waals surface area (Å²) in [7, 11) is 0. The van der Waals surface area contributed by atoms with E-state index in [0.29, 0.717) is 12.0 Å². The molecule has 0 spiro atoms. The molecule has 2 rings (SSSR count). The number of nitro groups is 1. The van der Waals surface area contributed by atoms with Crippen molar-refractivity contribution < 1.29 is 18.1 Å². The summed E-state index contributed by atoms with van der Waals surface area (Å²) in [5.41, 5.74) is -1.38. The molecule has 1 aromatic rings. The number of nitro benzene ring substituents is 1. The average molecular weight is 288 g/mol. The molecule has 0 amide bonds. The molecule has 7 heteroatoms. The lowest BCUT2D eigenvalue weighted by Gasteiger charge is -2.18. The molecular formula is C13H15F3N2O2. The molecule has 1 atom stereocenters. The number of nitrogens with one attached hydrogen (secondary N) is 1. The van der Waals surface area contributed by atoms with Crippen LogP contribution in [0.1, 0.15) is 31.7 Å². The van der Waals surface area contributed by atoms with E-state index in [1.165, 1.54) is 0 Å². The second kappa shape index (κ2) is 5.30. The molecule has 1 aliphatic rings. The van der Waals surface area contributed by atoms with Gasteiger partial charge >= 0.3 is 6.18 Å². The van der Waals surface area contributed by atoms with Crippen molar-refractivity contribution in [3.63, 3.8) is 0 Å². The first-order valence-corrected chi connectivity index (χ1v) is 6.45. The predicted octanol–water partition coefficient (Wildman–Crippen LogP) is 4.21. The van der Waals surface area contributed by atoms with Gasteiger partial charge in [-0.3, -0.25) is 10.1 Å². The standard InChI is InChI=1S/C13H15F3N2O2/c1-2-10(8-3-4-8)17-11-6-5-9(13(14,15)16)7-12(11)18(19)20/h5-8,10,17H,2-4H2,1H3. The zero-order valence-corrected chi connectivity index (χ0v) is 10.9. The Labute approximate surface area is 114 Å². The minimum atomic E-state index is -4.58. The Balaban J connectivity index is 2.30. The fourth-order valence-electron chi connectivity index (χ4n) is 2.23. The van der Waals surface area contributed by atoms with Gasteiger partial charge in [-0.25, -0.2) is 0 Å². The van der Waals surface area contributed by atoms with Gasteiger partial charge in [0, 0.05) is 12.1 Å². The number of rotatable bonds is 5. The Morgan fingerprint density at radius 3 is 2.55 bits per heavy atom. The molecular weight excluding hydrogens is 273 g/mol. The molecule has 0 aromatic heterocycles. The van der Waals surface area contributed by atoms with Gasteiger partial charge in [-0.05, 0) is 37.3 Å². The van der Waals surface area contributed by atoms with Crippen LogP contribution in [-0.2, 0) is 6.18 Å². The number of nitrogens with zero attached hydrogens (tertiary/aromatic N) is 1. The highest BCUT2D eigenvalue weighted by Crippen LogP contribution is 2.39. The van der Waals surface area contributed by atoms with Gasteiger partial charge < -0.3 is 5.32 Å². The molecule has 4 nitrogen and oxygen atoms in total. The van der Waals surface area contributed by atoms with Crippen LogP contribution >= 0.6 is 0 Å². The molecule has 1 fully saturated rings. The van der Waals surface area contributed by atoms with Gasteiger partial charge in [0.2, 0.25) is 0 Å². The first kappa shape index (κ1) is 14.6. The van der Waals surface area contributed by atoms with Gasteiger partial charge in [-0.2, -0.15) is 13.2 Å². The highest BCUT2D eigenvalue weighted by Gasteiger charge is 2.34. The van der Waals surface area contributed by atoms with Gasteiger partial charge in [-0.15, -0.1) is 0 Å². The largest absolute Gasteiger partial charge is 0.416 e. The Hall–Kier alpha value is -1.79. The molecule has 0 heterocycles. The molecule has 0 saturated heterocycles. The number of hydrogen-bond acceptors (Lipinski definition) is 3. The van der Waals surface area contributed by atoms with E-state index in [4.69, 9.17) is 0 Å². The monoisotopic (exact) mass is 288 g/mol. The maximum absolute atomic E-state index is 12.6. The molecule has 1 aliphatic carbocycles. The van der Waals surface area contributed by atoms with E-state index in [0.717, 1.165) is 31.4 Å². The summed E-state index contributed by atoms with van der Waals surface area (Å²) in [5.74, 6) is 0.460. The van der Waals surface area contributed by atoms with E-state index in [-0.39, 0.29) is 11.7 Å². The highest BCUT2D eigenvalue weighted by molar-refractivity contribution is 5.63. The fraction of sp³-hybridized carbons (Fsp3) is 0.538. The quantitative estimate of drug-likeness (QED) is 0.652. The van der Waals surface area contributed by atoms with Crippen molar-refractivity contribution in [1.29, 1.82) is 0 Å². The van der Waals surface area contributed by atoms with Crippen LogP contribution in [0.3, 0.4) is 0 Å². The van der Waals surface area contributed by atoms with Gasteiger partial charge in [-0.1, -0.05) is 6.92 Å². The SMILES string of the molecule is CCC(Nc1ccc(C(F)(F)F)cc1[N+](=O)[O-])C1CC1. The number of hydrogen-bond donors (Lipinski definition) is 1. The normalized spacial score (nSPS) is 16.8. The molecule has 0 aliphatic heterocycles. The maximum Gasteiger partial charge on any atom is 0.416 e. The molecule has 110 valence electrons. The molecule has 1 N–H and O–H groups in total. The zero-order valence-electron chi connectivity index (χ0n) is 10.9. The third-order valence-electron chi connectivity index (χ3n) is 3.49. The minimum absolute atomic E-state index is 0.0745. The summed E-state index contributed by atoms with van der Waals surface area (Å²) in [5, 5.41) is 14.0. The van der Waals surface area contributed by atoms with Crippen molar-refractivity contribution >= 4 is 11.4 Å². The zero-order chi connectivity index (χ0) is 14.9. The lowest BCUT2D eigenvalue weighted by Crippen LogP contribution is -2.21. The van der Waals surface area contributed by atoms with E-state index in [1.807, 2.05) is 6.92 Å². The second-order valence-electron chi connectivity index (χ2n) is 4.98. The molecule has 0 bridgehead atoms. The first-order chi connectivity index (χ1) is 9.32. The van der Waals surface area contributed by atoms with E-state index in [1.54, 1.807) is 0 Å². The van der Waals surface area contributed by atoms with Crippen molar-refractivity contribution in [2.75, 3.05) is 5.32 Å². The Morgan fingerprint density at radius 2 is 2.10 bits per heavy atom. The summed E-state index contributed by atoms with van der Waals surface area (Å²) in [6.45, 7) is 1.95. The fourth-order valence-corrected chi connectivity index (χ4v) is 2.23. The van der Waals surface area contributed by atoms with Gasteiger partial charge in [0.1, 0.15) is 5.69 Å². The number of benzene rings is 1. The number of alkyl halides is 3. The summed E-state index contributed by atoms with van der Waals surface area (Å²) in [6, 6.07) is 2.67. The smallest absolute Gasteiger partial charge is 0.376 e. The van der Waals surface area contributed by atoms with Crippen LogP contribution in [0.5, 0.6) is 0 Å². The molecule has 20 heavy (non-hydrogen) atoms.